The number of benzene rings is 3. The molecule has 1 saturated carbocycles. The molecule has 0 unspecified atom stereocenters. The average Bonchev–Trinajstić information content (AvgIpc) is 3.61. The fourth-order valence-electron chi connectivity index (χ4n) is 4.65. The van der Waals surface area contributed by atoms with Crippen LogP contribution in [-0.2, 0) is 26.8 Å². The highest BCUT2D eigenvalue weighted by Gasteiger charge is 2.44. The number of hydrogen-bond donors (Lipinski definition) is 1. The zero-order valence-electron chi connectivity index (χ0n) is 21.1. The van der Waals surface area contributed by atoms with Gasteiger partial charge in [0.05, 0.1) is 22.9 Å². The van der Waals surface area contributed by atoms with Gasteiger partial charge in [-0.2, -0.15) is 9.57 Å². The second-order valence-corrected chi connectivity index (χ2v) is 11.7. The van der Waals surface area contributed by atoms with Crippen molar-refractivity contribution < 1.29 is 13.2 Å². The number of hydrogen-bond acceptors (Lipinski definition) is 4. The number of rotatable bonds is 8. The number of carbonyl (C=O) groups excluding carboxylic acids is 1. The van der Waals surface area contributed by atoms with E-state index in [0.29, 0.717) is 16.8 Å². The van der Waals surface area contributed by atoms with Gasteiger partial charge in [0.15, 0.2) is 0 Å². The maximum atomic E-state index is 13.9. The van der Waals surface area contributed by atoms with Gasteiger partial charge in [0.1, 0.15) is 0 Å². The molecule has 1 aliphatic rings. The van der Waals surface area contributed by atoms with Crippen molar-refractivity contribution in [1.82, 2.24) is 4.31 Å². The third-order valence-corrected chi connectivity index (χ3v) is 8.79. The summed E-state index contributed by atoms with van der Waals surface area (Å²) in [5.41, 5.74) is 5.28. The Hall–Kier alpha value is -3.47. The molecule has 6 nitrogen and oxygen atoms in total. The topological polar surface area (TPSA) is 90.3 Å². The molecule has 3 aromatic rings. The molecule has 1 fully saturated rings. The van der Waals surface area contributed by atoms with Crippen LogP contribution in [0, 0.1) is 39.0 Å². The fraction of sp³-hybridized carbons (Fsp3) is 0.310. The van der Waals surface area contributed by atoms with Gasteiger partial charge in [-0.25, -0.2) is 8.42 Å². The van der Waals surface area contributed by atoms with Crippen molar-refractivity contribution in [3.8, 4) is 6.07 Å². The van der Waals surface area contributed by atoms with Gasteiger partial charge in [-0.05, 0) is 74.9 Å². The van der Waals surface area contributed by atoms with Crippen LogP contribution >= 0.6 is 0 Å². The number of nitriles is 1. The van der Waals surface area contributed by atoms with E-state index >= 15 is 0 Å². The number of carbonyl (C=O) groups is 1. The Morgan fingerprint density at radius 1 is 0.944 bits per heavy atom. The lowest BCUT2D eigenvalue weighted by molar-refractivity contribution is -0.116. The Morgan fingerprint density at radius 3 is 2.06 bits per heavy atom. The molecule has 1 amide bonds. The summed E-state index contributed by atoms with van der Waals surface area (Å²) in [6.45, 7) is 7.22. The fourth-order valence-corrected chi connectivity index (χ4v) is 6.45. The minimum absolute atomic E-state index is 0.0758. The maximum Gasteiger partial charge on any atom is 0.244 e. The van der Waals surface area contributed by atoms with Crippen molar-refractivity contribution in [3.05, 3.63) is 94.0 Å². The van der Waals surface area contributed by atoms with Crippen LogP contribution in [0.1, 0.15) is 46.2 Å². The van der Waals surface area contributed by atoms with Crippen molar-refractivity contribution >= 4 is 21.6 Å². The van der Waals surface area contributed by atoms with E-state index in [2.05, 4.69) is 11.4 Å². The largest absolute Gasteiger partial charge is 0.325 e. The zero-order chi connectivity index (χ0) is 26.1. The summed E-state index contributed by atoms with van der Waals surface area (Å²) in [5, 5.41) is 12.2. The van der Waals surface area contributed by atoms with Gasteiger partial charge in [-0.3, -0.25) is 4.79 Å². The van der Waals surface area contributed by atoms with E-state index in [9.17, 15) is 18.5 Å². The van der Waals surface area contributed by atoms with Crippen molar-refractivity contribution in [3.63, 3.8) is 0 Å². The van der Waals surface area contributed by atoms with Crippen LogP contribution in [0.15, 0.2) is 65.6 Å². The van der Waals surface area contributed by atoms with E-state index in [0.717, 1.165) is 35.1 Å². The molecule has 0 atom stereocenters. The van der Waals surface area contributed by atoms with Crippen molar-refractivity contribution in [2.75, 3.05) is 11.9 Å². The molecule has 3 aromatic carbocycles. The minimum Gasteiger partial charge on any atom is -0.325 e. The summed E-state index contributed by atoms with van der Waals surface area (Å²) in [7, 11) is -3.96. The molecule has 0 aromatic heterocycles. The van der Waals surface area contributed by atoms with E-state index in [-0.39, 0.29) is 18.0 Å². The highest BCUT2D eigenvalue weighted by Crippen LogP contribution is 2.47. The summed E-state index contributed by atoms with van der Waals surface area (Å²) in [4.78, 5) is 13.3. The van der Waals surface area contributed by atoms with Gasteiger partial charge in [0.25, 0.3) is 0 Å². The first kappa shape index (κ1) is 25.6. The second kappa shape index (κ2) is 9.88. The Morgan fingerprint density at radius 2 is 1.53 bits per heavy atom. The predicted octanol–water partition coefficient (Wildman–Crippen LogP) is 5.31. The van der Waals surface area contributed by atoms with Crippen LogP contribution in [0.3, 0.4) is 0 Å². The van der Waals surface area contributed by atoms with Gasteiger partial charge in [0, 0.05) is 12.2 Å². The van der Waals surface area contributed by atoms with Gasteiger partial charge < -0.3 is 5.32 Å². The van der Waals surface area contributed by atoms with Crippen LogP contribution in [0.4, 0.5) is 5.69 Å². The molecule has 36 heavy (non-hydrogen) atoms. The van der Waals surface area contributed by atoms with Gasteiger partial charge in [0.2, 0.25) is 15.9 Å². The van der Waals surface area contributed by atoms with E-state index in [1.807, 2.05) is 62.4 Å². The first-order valence-corrected chi connectivity index (χ1v) is 13.4. The molecule has 1 N–H and O–H groups in total. The number of aryl methyl sites for hydroxylation is 4. The summed E-state index contributed by atoms with van der Waals surface area (Å²) in [6.07, 6.45) is 1.69. The molecule has 0 aliphatic heterocycles. The number of amides is 1. The second-order valence-electron chi connectivity index (χ2n) is 9.81. The van der Waals surface area contributed by atoms with E-state index in [1.165, 1.54) is 4.31 Å². The maximum absolute atomic E-state index is 13.9. The molecule has 0 saturated heterocycles. The van der Waals surface area contributed by atoms with Crippen molar-refractivity contribution in [1.29, 1.82) is 5.26 Å². The molecule has 1 aliphatic carbocycles. The lowest BCUT2D eigenvalue weighted by Crippen LogP contribution is -2.38. The first-order chi connectivity index (χ1) is 17.0. The summed E-state index contributed by atoms with van der Waals surface area (Å²) in [5.74, 6) is -0.428. The first-order valence-electron chi connectivity index (χ1n) is 12.0. The molecule has 186 valence electrons. The Labute approximate surface area is 213 Å². The van der Waals surface area contributed by atoms with Gasteiger partial charge >= 0.3 is 0 Å². The molecular formula is C29H31N3O3S. The SMILES string of the molecule is Cc1ccc(CN(CC(=O)Nc2ccc(C3(C#N)CC3)cc2)S(=O)(=O)c2c(C)cc(C)cc2C)cc1. The normalized spacial score (nSPS) is 14.3. The molecular weight excluding hydrogens is 470 g/mol. The highest BCUT2D eigenvalue weighted by molar-refractivity contribution is 7.89. The van der Waals surface area contributed by atoms with Gasteiger partial charge in [-0.1, -0.05) is 59.7 Å². The minimum atomic E-state index is -3.96. The predicted molar refractivity (Wildman–Crippen MR) is 141 cm³/mol. The van der Waals surface area contributed by atoms with E-state index in [1.54, 1.807) is 26.0 Å². The van der Waals surface area contributed by atoms with Crippen molar-refractivity contribution in [2.24, 2.45) is 0 Å². The van der Waals surface area contributed by atoms with E-state index in [4.69, 9.17) is 0 Å². The monoisotopic (exact) mass is 501 g/mol. The van der Waals surface area contributed by atoms with Crippen LogP contribution < -0.4 is 5.32 Å². The molecule has 0 radical (unpaired) electrons. The number of anilines is 1. The molecule has 0 bridgehead atoms. The third kappa shape index (κ3) is 5.35. The van der Waals surface area contributed by atoms with Crippen LogP contribution in [-0.4, -0.2) is 25.2 Å². The van der Waals surface area contributed by atoms with Crippen molar-refractivity contribution in [2.45, 2.75) is 57.4 Å². The lowest BCUT2D eigenvalue weighted by Gasteiger charge is -2.24. The Balaban J connectivity index is 1.60. The average molecular weight is 502 g/mol. The number of nitrogens with one attached hydrogen (secondary N) is 1. The van der Waals surface area contributed by atoms with Crippen LogP contribution in [0.5, 0.6) is 0 Å². The molecule has 7 heteroatoms. The summed E-state index contributed by atoms with van der Waals surface area (Å²) >= 11 is 0. The van der Waals surface area contributed by atoms with E-state index < -0.39 is 21.3 Å². The quantitative estimate of drug-likeness (QED) is 0.453. The molecule has 4 rings (SSSR count). The van der Waals surface area contributed by atoms with Crippen LogP contribution in [0.2, 0.25) is 0 Å². The zero-order valence-corrected chi connectivity index (χ0v) is 21.9. The number of sulfonamides is 1. The summed E-state index contributed by atoms with van der Waals surface area (Å²) < 4.78 is 28.9. The lowest BCUT2D eigenvalue weighted by atomic mass is 9.98. The third-order valence-electron chi connectivity index (χ3n) is 6.69. The molecule has 0 spiro atoms. The molecule has 0 heterocycles. The summed E-state index contributed by atoms with van der Waals surface area (Å²) in [6, 6.07) is 20.9. The Bertz CT molecular complexity index is 1410. The smallest absolute Gasteiger partial charge is 0.244 e. The van der Waals surface area contributed by atoms with Gasteiger partial charge in [-0.15, -0.1) is 0 Å². The van der Waals surface area contributed by atoms with Crippen LogP contribution in [0.25, 0.3) is 0 Å². The number of nitrogens with zero attached hydrogens (tertiary/aromatic N) is 2. The Kier molecular flexibility index (Phi) is 7.03. The standard InChI is InChI=1S/C29H31N3O3S/c1-20-5-7-24(8-6-20)17-32(36(34,35)28-22(3)15-21(2)16-23(28)4)18-27(33)31-26-11-9-25(10-12-26)29(19-30)13-14-29/h5-12,15-16H,13-14,17-18H2,1-4H3,(H,31,33). The highest BCUT2D eigenvalue weighted by atomic mass is 32.2.